The summed E-state index contributed by atoms with van der Waals surface area (Å²) in [5.74, 6) is 3.24. The topological polar surface area (TPSA) is 43.9 Å². The molecule has 4 aliphatic heterocycles. The van der Waals surface area contributed by atoms with Gasteiger partial charge in [0.1, 0.15) is 6.04 Å². The number of amides is 2. The molecule has 5 rings (SSSR count). The molecule has 0 spiro atoms. The van der Waals surface area contributed by atoms with Gasteiger partial charge in [0, 0.05) is 62.6 Å². The third-order valence-electron chi connectivity index (χ3n) is 7.24. The van der Waals surface area contributed by atoms with E-state index in [0.29, 0.717) is 12.3 Å². The lowest BCUT2D eigenvalue weighted by Gasteiger charge is -2.56. The summed E-state index contributed by atoms with van der Waals surface area (Å²) in [6.45, 7) is 4.56. The highest BCUT2D eigenvalue weighted by atomic mass is 32.2. The number of rotatable bonds is 3. The Labute approximate surface area is 177 Å². The number of nitrogens with zero attached hydrogens (tertiary/aromatic N) is 3. The van der Waals surface area contributed by atoms with Crippen molar-refractivity contribution in [3.63, 3.8) is 0 Å². The summed E-state index contributed by atoms with van der Waals surface area (Å²) >= 11 is 1.92. The SMILES string of the molecule is O=C([C@H]1[C@H]2C[C@H](CN(Cc3ccccc3)C2)[C@@H]2CCCC(=O)N21)N1CCSCC1. The second-order valence-electron chi connectivity index (χ2n) is 9.08. The first-order valence-corrected chi connectivity index (χ1v) is 12.3. The second kappa shape index (κ2) is 8.31. The Bertz CT molecular complexity index is 752. The monoisotopic (exact) mass is 413 g/mol. The molecule has 6 heteroatoms. The van der Waals surface area contributed by atoms with Gasteiger partial charge < -0.3 is 9.80 Å². The molecule has 5 nitrogen and oxygen atoms in total. The van der Waals surface area contributed by atoms with Crippen molar-refractivity contribution in [1.29, 1.82) is 0 Å². The highest BCUT2D eigenvalue weighted by Crippen LogP contribution is 2.42. The first-order chi connectivity index (χ1) is 14.2. The fourth-order valence-electron chi connectivity index (χ4n) is 6.01. The predicted octanol–water partition coefficient (Wildman–Crippen LogP) is 2.46. The van der Waals surface area contributed by atoms with Gasteiger partial charge in [0.05, 0.1) is 0 Å². The van der Waals surface area contributed by atoms with Gasteiger partial charge in [0.2, 0.25) is 11.8 Å². The maximum atomic E-state index is 13.6. The van der Waals surface area contributed by atoms with E-state index in [4.69, 9.17) is 0 Å². The molecule has 4 heterocycles. The van der Waals surface area contributed by atoms with Gasteiger partial charge in [-0.05, 0) is 30.7 Å². The molecule has 156 valence electrons. The van der Waals surface area contributed by atoms with Gasteiger partial charge in [-0.3, -0.25) is 14.5 Å². The molecule has 0 radical (unpaired) electrons. The van der Waals surface area contributed by atoms with Gasteiger partial charge in [-0.1, -0.05) is 30.3 Å². The number of fused-ring (bicyclic) bond motifs is 4. The van der Waals surface area contributed by atoms with Crippen LogP contribution in [0.3, 0.4) is 0 Å². The molecule has 2 bridgehead atoms. The predicted molar refractivity (Wildman–Crippen MR) is 115 cm³/mol. The van der Waals surface area contributed by atoms with Crippen molar-refractivity contribution >= 4 is 23.6 Å². The molecule has 1 aromatic carbocycles. The smallest absolute Gasteiger partial charge is 0.245 e. The molecule has 0 saturated carbocycles. The number of carbonyl (C=O) groups is 2. The zero-order valence-corrected chi connectivity index (χ0v) is 17.9. The third-order valence-corrected chi connectivity index (χ3v) is 8.18. The minimum atomic E-state index is -0.245. The Morgan fingerprint density at radius 2 is 1.83 bits per heavy atom. The van der Waals surface area contributed by atoms with E-state index in [-0.39, 0.29) is 29.8 Å². The van der Waals surface area contributed by atoms with E-state index < -0.39 is 0 Å². The summed E-state index contributed by atoms with van der Waals surface area (Å²) in [4.78, 5) is 33.2. The van der Waals surface area contributed by atoms with Gasteiger partial charge in [-0.25, -0.2) is 0 Å². The van der Waals surface area contributed by atoms with Crippen molar-refractivity contribution in [3.8, 4) is 0 Å². The number of hydrogen-bond acceptors (Lipinski definition) is 4. The number of hydrogen-bond donors (Lipinski definition) is 0. The number of benzene rings is 1. The lowest BCUT2D eigenvalue weighted by molar-refractivity contribution is -0.165. The minimum Gasteiger partial charge on any atom is -0.339 e. The van der Waals surface area contributed by atoms with Crippen LogP contribution in [0.25, 0.3) is 0 Å². The third kappa shape index (κ3) is 3.81. The van der Waals surface area contributed by atoms with Crippen LogP contribution in [-0.2, 0) is 16.1 Å². The van der Waals surface area contributed by atoms with E-state index in [0.717, 1.165) is 63.5 Å². The normalized spacial score (nSPS) is 32.8. The van der Waals surface area contributed by atoms with Gasteiger partial charge in [-0.15, -0.1) is 0 Å². The van der Waals surface area contributed by atoms with E-state index >= 15 is 0 Å². The molecule has 0 aromatic heterocycles. The highest BCUT2D eigenvalue weighted by Gasteiger charge is 2.52. The summed E-state index contributed by atoms with van der Waals surface area (Å²) in [6, 6.07) is 10.6. The van der Waals surface area contributed by atoms with Crippen LogP contribution in [0.4, 0.5) is 0 Å². The van der Waals surface area contributed by atoms with E-state index in [1.54, 1.807) is 0 Å². The number of likely N-dealkylation sites (tertiary alicyclic amines) is 1. The minimum absolute atomic E-state index is 0.218. The van der Waals surface area contributed by atoms with E-state index in [9.17, 15) is 9.59 Å². The first-order valence-electron chi connectivity index (χ1n) is 11.1. The summed E-state index contributed by atoms with van der Waals surface area (Å²) in [7, 11) is 0. The van der Waals surface area contributed by atoms with Crippen LogP contribution in [-0.4, -0.2) is 76.3 Å². The van der Waals surface area contributed by atoms with Crippen LogP contribution >= 0.6 is 11.8 Å². The Morgan fingerprint density at radius 1 is 1.07 bits per heavy atom. The zero-order valence-electron chi connectivity index (χ0n) is 17.0. The Hall–Kier alpha value is -1.53. The number of thioether (sulfide) groups is 1. The van der Waals surface area contributed by atoms with Gasteiger partial charge in [0.25, 0.3) is 0 Å². The molecule has 0 N–H and O–H groups in total. The molecule has 4 fully saturated rings. The molecule has 4 saturated heterocycles. The maximum Gasteiger partial charge on any atom is 0.245 e. The lowest BCUT2D eigenvalue weighted by atomic mass is 9.71. The summed E-state index contributed by atoms with van der Waals surface area (Å²) in [5, 5.41) is 0. The fraction of sp³-hybridized carbons (Fsp3) is 0.652. The standard InChI is InChI=1S/C23H31N3O2S/c27-21-8-4-7-20-18-13-19(16-24(15-18)14-17-5-2-1-3-6-17)22(26(20)21)23(28)25-9-11-29-12-10-25/h1-3,5-6,18-20,22H,4,7-16H2/t18-,19+,20+,22-/m1/s1. The van der Waals surface area contributed by atoms with E-state index in [2.05, 4.69) is 40.1 Å². The van der Waals surface area contributed by atoms with Crippen LogP contribution in [0.5, 0.6) is 0 Å². The first kappa shape index (κ1) is 19.4. The van der Waals surface area contributed by atoms with Crippen LogP contribution in [0.15, 0.2) is 30.3 Å². The van der Waals surface area contributed by atoms with Crippen molar-refractivity contribution in [3.05, 3.63) is 35.9 Å². The Morgan fingerprint density at radius 3 is 2.62 bits per heavy atom. The average molecular weight is 414 g/mol. The summed E-state index contributed by atoms with van der Waals surface area (Å²) in [6.07, 6.45) is 3.74. The quantitative estimate of drug-likeness (QED) is 0.764. The van der Waals surface area contributed by atoms with Gasteiger partial charge in [0.15, 0.2) is 0 Å². The molecule has 2 amide bonds. The molecular formula is C23H31N3O2S. The molecule has 0 aliphatic carbocycles. The van der Waals surface area contributed by atoms with Crippen LogP contribution in [0.1, 0.15) is 31.2 Å². The molecule has 29 heavy (non-hydrogen) atoms. The molecule has 4 aliphatic rings. The van der Waals surface area contributed by atoms with Crippen LogP contribution in [0.2, 0.25) is 0 Å². The maximum absolute atomic E-state index is 13.6. The van der Waals surface area contributed by atoms with Crippen LogP contribution < -0.4 is 0 Å². The van der Waals surface area contributed by atoms with Gasteiger partial charge in [-0.2, -0.15) is 11.8 Å². The molecular weight excluding hydrogens is 382 g/mol. The van der Waals surface area contributed by atoms with Crippen molar-refractivity contribution in [2.24, 2.45) is 11.8 Å². The van der Waals surface area contributed by atoms with Crippen LogP contribution in [0, 0.1) is 11.8 Å². The zero-order chi connectivity index (χ0) is 19.8. The fourth-order valence-corrected chi connectivity index (χ4v) is 6.92. The highest BCUT2D eigenvalue weighted by molar-refractivity contribution is 7.99. The van der Waals surface area contributed by atoms with E-state index in [1.807, 2.05) is 16.7 Å². The average Bonchev–Trinajstić information content (AvgIpc) is 2.75. The molecule has 1 aromatic rings. The largest absolute Gasteiger partial charge is 0.339 e. The summed E-state index contributed by atoms with van der Waals surface area (Å²) in [5.41, 5.74) is 1.33. The Balaban J connectivity index is 1.40. The van der Waals surface area contributed by atoms with Crippen molar-refractivity contribution in [1.82, 2.24) is 14.7 Å². The van der Waals surface area contributed by atoms with Crippen molar-refractivity contribution in [2.45, 2.75) is 44.3 Å². The second-order valence-corrected chi connectivity index (χ2v) is 10.3. The lowest BCUT2D eigenvalue weighted by Crippen LogP contribution is -2.68. The van der Waals surface area contributed by atoms with Crippen molar-refractivity contribution in [2.75, 3.05) is 37.7 Å². The number of piperidine rings is 3. The molecule has 0 unspecified atom stereocenters. The Kier molecular flexibility index (Phi) is 5.57. The molecule has 4 atom stereocenters. The van der Waals surface area contributed by atoms with Crippen molar-refractivity contribution < 1.29 is 9.59 Å². The van der Waals surface area contributed by atoms with E-state index in [1.165, 1.54) is 5.56 Å². The van der Waals surface area contributed by atoms with Gasteiger partial charge >= 0.3 is 0 Å². The summed E-state index contributed by atoms with van der Waals surface area (Å²) < 4.78 is 0. The number of carbonyl (C=O) groups excluding carboxylic acids is 2.